The first-order valence-electron chi connectivity index (χ1n) is 16.6. The Kier molecular flexibility index (Phi) is 5.32. The molecule has 0 radical (unpaired) electrons. The average Bonchev–Trinajstić information content (AvgIpc) is 3.83. The third kappa shape index (κ3) is 3.70. The molecular formula is C44H27N5. The summed E-state index contributed by atoms with van der Waals surface area (Å²) in [6.07, 6.45) is 0. The van der Waals surface area contributed by atoms with E-state index in [0.29, 0.717) is 0 Å². The lowest BCUT2D eigenvalue weighted by molar-refractivity contribution is 1.18. The first-order valence-corrected chi connectivity index (χ1v) is 16.6. The van der Waals surface area contributed by atoms with E-state index in [9.17, 15) is 0 Å². The van der Waals surface area contributed by atoms with Crippen molar-refractivity contribution in [2.24, 2.45) is 0 Å². The third-order valence-electron chi connectivity index (χ3n) is 10.0. The molecule has 11 aromatic rings. The van der Waals surface area contributed by atoms with Gasteiger partial charge in [-0.15, -0.1) is 0 Å². The molecule has 0 aliphatic carbocycles. The Hall–Kier alpha value is -6.72. The minimum Gasteiger partial charge on any atom is -0.309 e. The van der Waals surface area contributed by atoms with Gasteiger partial charge in [-0.2, -0.15) is 0 Å². The van der Waals surface area contributed by atoms with Crippen LogP contribution in [0.3, 0.4) is 0 Å². The van der Waals surface area contributed by atoms with Crippen molar-refractivity contribution in [2.75, 3.05) is 0 Å². The highest BCUT2D eigenvalue weighted by atomic mass is 15.1. The number of nitrogens with zero attached hydrogens (tertiary/aromatic N) is 5. The molecule has 11 rings (SSSR count). The molecule has 0 N–H and O–H groups in total. The van der Waals surface area contributed by atoms with Crippen molar-refractivity contribution < 1.29 is 0 Å². The monoisotopic (exact) mass is 625 g/mol. The Labute approximate surface area is 280 Å². The molecule has 228 valence electrons. The van der Waals surface area contributed by atoms with Gasteiger partial charge < -0.3 is 4.57 Å². The van der Waals surface area contributed by atoms with Crippen molar-refractivity contribution in [3.05, 3.63) is 164 Å². The van der Waals surface area contributed by atoms with E-state index in [1.54, 1.807) is 0 Å². The summed E-state index contributed by atoms with van der Waals surface area (Å²) < 4.78 is 6.92. The number of para-hydroxylation sites is 6. The van der Waals surface area contributed by atoms with Crippen LogP contribution in [0.15, 0.2) is 164 Å². The van der Waals surface area contributed by atoms with E-state index in [0.717, 1.165) is 72.0 Å². The summed E-state index contributed by atoms with van der Waals surface area (Å²) in [4.78, 5) is 10.6. The molecule has 0 fully saturated rings. The summed E-state index contributed by atoms with van der Waals surface area (Å²) >= 11 is 0. The number of hydrogen-bond donors (Lipinski definition) is 0. The Morgan fingerprint density at radius 1 is 0.327 bits per heavy atom. The number of rotatable bonds is 2. The lowest BCUT2D eigenvalue weighted by atomic mass is 10.0. The normalized spacial score (nSPS) is 12.1. The molecule has 0 atom stereocenters. The van der Waals surface area contributed by atoms with E-state index in [1.165, 1.54) is 21.8 Å². The van der Waals surface area contributed by atoms with Crippen LogP contribution in [-0.2, 0) is 0 Å². The highest BCUT2D eigenvalue weighted by molar-refractivity contribution is 6.11. The van der Waals surface area contributed by atoms with Crippen molar-refractivity contribution in [3.63, 3.8) is 0 Å². The molecule has 49 heavy (non-hydrogen) atoms. The van der Waals surface area contributed by atoms with Crippen LogP contribution in [0.2, 0.25) is 0 Å². The van der Waals surface area contributed by atoms with Gasteiger partial charge in [0.25, 0.3) is 0 Å². The number of imidazole rings is 2. The van der Waals surface area contributed by atoms with E-state index in [2.05, 4.69) is 171 Å². The van der Waals surface area contributed by atoms with Gasteiger partial charge in [-0.25, -0.2) is 9.97 Å². The average molecular weight is 626 g/mol. The lowest BCUT2D eigenvalue weighted by Gasteiger charge is -2.09. The van der Waals surface area contributed by atoms with Gasteiger partial charge >= 0.3 is 0 Å². The number of fused-ring (bicyclic) bond motifs is 15. The molecule has 4 heterocycles. The predicted octanol–water partition coefficient (Wildman–Crippen LogP) is 10.9. The lowest BCUT2D eigenvalue weighted by Crippen LogP contribution is -1.94. The molecule has 0 aliphatic heterocycles. The van der Waals surface area contributed by atoms with Crippen molar-refractivity contribution in [3.8, 4) is 16.8 Å². The second-order valence-corrected chi connectivity index (χ2v) is 12.7. The van der Waals surface area contributed by atoms with Crippen molar-refractivity contribution in [1.29, 1.82) is 0 Å². The van der Waals surface area contributed by atoms with Crippen LogP contribution in [0.1, 0.15) is 0 Å². The van der Waals surface area contributed by atoms with Crippen LogP contribution >= 0.6 is 0 Å². The van der Waals surface area contributed by atoms with Crippen LogP contribution in [0.5, 0.6) is 0 Å². The zero-order valence-corrected chi connectivity index (χ0v) is 26.3. The van der Waals surface area contributed by atoms with Crippen LogP contribution < -0.4 is 0 Å². The highest BCUT2D eigenvalue weighted by Gasteiger charge is 2.18. The van der Waals surface area contributed by atoms with Gasteiger partial charge in [-0.3, -0.25) is 8.80 Å². The molecule has 0 spiro atoms. The molecule has 0 saturated carbocycles. The zero-order valence-electron chi connectivity index (χ0n) is 26.3. The van der Waals surface area contributed by atoms with Gasteiger partial charge in [-0.05, 0) is 77.9 Å². The summed E-state index contributed by atoms with van der Waals surface area (Å²) in [5.74, 6) is 0. The standard InChI is InChI=1S/C44H27N5/c1-2-12-30(13-3-1)47-37-18-8-6-16-33(37)34-26-28(22-24-40(34)47)29-23-25-42-36(27-29)46-44-43-45-35-17-7-11-21-41(35)48(43)38-19-9-4-14-31(38)32-15-5-10-20-39(32)49(42)44/h1-27H. The largest absolute Gasteiger partial charge is 0.309 e. The Bertz CT molecular complexity index is 3160. The highest BCUT2D eigenvalue weighted by Crippen LogP contribution is 2.37. The second-order valence-electron chi connectivity index (χ2n) is 12.7. The van der Waals surface area contributed by atoms with E-state index < -0.39 is 0 Å². The summed E-state index contributed by atoms with van der Waals surface area (Å²) in [5, 5.41) is 4.79. The molecule has 5 heteroatoms. The zero-order chi connectivity index (χ0) is 32.1. The molecule has 7 aromatic carbocycles. The first kappa shape index (κ1) is 26.4. The van der Waals surface area contributed by atoms with E-state index in [-0.39, 0.29) is 0 Å². The molecule has 0 saturated heterocycles. The smallest absolute Gasteiger partial charge is 0.182 e. The Balaban J connectivity index is 1.22. The Morgan fingerprint density at radius 2 is 0.796 bits per heavy atom. The van der Waals surface area contributed by atoms with E-state index in [4.69, 9.17) is 9.97 Å². The summed E-state index contributed by atoms with van der Waals surface area (Å²) in [6.45, 7) is 0. The maximum Gasteiger partial charge on any atom is 0.182 e. The molecule has 0 unspecified atom stereocenters. The van der Waals surface area contributed by atoms with Gasteiger partial charge in [0.15, 0.2) is 11.3 Å². The van der Waals surface area contributed by atoms with Crippen LogP contribution in [-0.4, -0.2) is 23.3 Å². The summed E-state index contributed by atoms with van der Waals surface area (Å²) in [7, 11) is 0. The molecular weight excluding hydrogens is 599 g/mol. The van der Waals surface area contributed by atoms with Gasteiger partial charge in [0.05, 0.1) is 44.1 Å². The molecule has 4 aromatic heterocycles. The van der Waals surface area contributed by atoms with E-state index in [1.807, 2.05) is 6.07 Å². The fraction of sp³-hybridized carbons (Fsp3) is 0. The minimum atomic E-state index is 0.826. The van der Waals surface area contributed by atoms with Crippen molar-refractivity contribution in [2.45, 2.75) is 0 Å². The SMILES string of the molecule is c1ccc(-n2c3ccccc3c3cc(-c4ccc5c(c4)nc4c6nc7ccccc7n6c6ccccc6c6ccccc6n54)ccc32)cc1. The second kappa shape index (κ2) is 9.89. The summed E-state index contributed by atoms with van der Waals surface area (Å²) in [5.41, 5.74) is 13.7. The number of hydrogen-bond acceptors (Lipinski definition) is 2. The molecule has 0 aliphatic rings. The minimum absolute atomic E-state index is 0.826. The first-order chi connectivity index (χ1) is 24.3. The van der Waals surface area contributed by atoms with E-state index >= 15 is 0 Å². The van der Waals surface area contributed by atoms with Crippen LogP contribution in [0.25, 0.3) is 93.8 Å². The van der Waals surface area contributed by atoms with Gasteiger partial charge in [0.1, 0.15) is 0 Å². The fourth-order valence-corrected chi connectivity index (χ4v) is 7.87. The van der Waals surface area contributed by atoms with Crippen LogP contribution in [0, 0.1) is 0 Å². The molecule has 0 amide bonds. The van der Waals surface area contributed by atoms with Gasteiger partial charge in [0.2, 0.25) is 0 Å². The molecule has 5 nitrogen and oxygen atoms in total. The molecule has 0 bridgehead atoms. The van der Waals surface area contributed by atoms with Gasteiger partial charge in [0, 0.05) is 27.2 Å². The number of aromatic nitrogens is 5. The van der Waals surface area contributed by atoms with Crippen molar-refractivity contribution in [1.82, 2.24) is 23.3 Å². The number of benzene rings is 7. The maximum absolute atomic E-state index is 5.38. The maximum atomic E-state index is 5.38. The van der Waals surface area contributed by atoms with Crippen molar-refractivity contribution >= 4 is 77.0 Å². The summed E-state index contributed by atoms with van der Waals surface area (Å²) in [6, 6.07) is 58.4. The topological polar surface area (TPSA) is 39.5 Å². The Morgan fingerprint density at radius 3 is 1.49 bits per heavy atom. The predicted molar refractivity (Wildman–Crippen MR) is 203 cm³/mol. The fourth-order valence-electron chi connectivity index (χ4n) is 7.87. The van der Waals surface area contributed by atoms with Crippen LogP contribution in [0.4, 0.5) is 0 Å². The third-order valence-corrected chi connectivity index (χ3v) is 10.0. The van der Waals surface area contributed by atoms with Gasteiger partial charge in [-0.1, -0.05) is 97.1 Å². The quantitative estimate of drug-likeness (QED) is 0.192.